The lowest BCUT2D eigenvalue weighted by Gasteiger charge is -2.16. The molecule has 1 atom stereocenters. The lowest BCUT2D eigenvalue weighted by molar-refractivity contribution is -0.120. The van der Waals surface area contributed by atoms with E-state index in [1.807, 2.05) is 37.3 Å². The monoisotopic (exact) mass is 324 g/mol. The van der Waals surface area contributed by atoms with Crippen LogP contribution in [-0.4, -0.2) is 24.9 Å². The van der Waals surface area contributed by atoms with Gasteiger partial charge < -0.3 is 10.6 Å². The molecule has 0 fully saturated rings. The van der Waals surface area contributed by atoms with Gasteiger partial charge in [-0.15, -0.1) is 0 Å². The van der Waals surface area contributed by atoms with Crippen LogP contribution >= 0.6 is 0 Å². The number of carbonyl (C=O) groups is 2. The van der Waals surface area contributed by atoms with Gasteiger partial charge in [0, 0.05) is 18.0 Å². The van der Waals surface area contributed by atoms with Gasteiger partial charge in [0.1, 0.15) is 0 Å². The van der Waals surface area contributed by atoms with E-state index in [-0.39, 0.29) is 24.3 Å². The second kappa shape index (κ2) is 8.87. The predicted octanol–water partition coefficient (Wildman–Crippen LogP) is 3.03. The Morgan fingerprint density at radius 1 is 0.958 bits per heavy atom. The Balaban J connectivity index is 1.78. The molecule has 2 N–H and O–H groups in total. The Labute approximate surface area is 143 Å². The van der Waals surface area contributed by atoms with Crippen LogP contribution in [0, 0.1) is 6.92 Å². The molecule has 0 heterocycles. The van der Waals surface area contributed by atoms with Gasteiger partial charge in [-0.05, 0) is 31.0 Å². The van der Waals surface area contributed by atoms with E-state index < -0.39 is 0 Å². The maximum atomic E-state index is 12.0. The summed E-state index contributed by atoms with van der Waals surface area (Å²) in [6.45, 7) is 4.62. The lowest BCUT2D eigenvalue weighted by Crippen LogP contribution is -2.38. The Morgan fingerprint density at radius 2 is 1.62 bits per heavy atom. The normalized spacial score (nSPS) is 11.6. The van der Waals surface area contributed by atoms with E-state index in [1.165, 1.54) is 5.56 Å². The summed E-state index contributed by atoms with van der Waals surface area (Å²) in [5.41, 5.74) is 2.86. The first-order valence-electron chi connectivity index (χ1n) is 8.26. The van der Waals surface area contributed by atoms with Gasteiger partial charge in [-0.2, -0.15) is 0 Å². The highest BCUT2D eigenvalue weighted by atomic mass is 16.2. The largest absolute Gasteiger partial charge is 0.354 e. The first-order chi connectivity index (χ1) is 11.6. The first-order valence-corrected chi connectivity index (χ1v) is 8.26. The topological polar surface area (TPSA) is 58.2 Å². The summed E-state index contributed by atoms with van der Waals surface area (Å²) in [4.78, 5) is 23.9. The molecule has 0 aliphatic carbocycles. The van der Waals surface area contributed by atoms with Crippen molar-refractivity contribution in [3.63, 3.8) is 0 Å². The number of aryl methyl sites for hydroxylation is 1. The van der Waals surface area contributed by atoms with Gasteiger partial charge in [0.15, 0.2) is 0 Å². The standard InChI is InChI=1S/C20H24N2O2/c1-3-16(17-7-5-4-6-8-17)13-21-19(23)14-22-20(24)18-11-9-15(2)10-12-18/h4-12,16H,3,13-14H2,1-2H3,(H,21,23)(H,22,24)/t16-/m0/s1. The SMILES string of the molecule is CC[C@@H](CNC(=O)CNC(=O)c1ccc(C)cc1)c1ccccc1. The smallest absolute Gasteiger partial charge is 0.251 e. The van der Waals surface area contributed by atoms with Crippen LogP contribution in [0.5, 0.6) is 0 Å². The van der Waals surface area contributed by atoms with Gasteiger partial charge in [-0.3, -0.25) is 9.59 Å². The zero-order valence-electron chi connectivity index (χ0n) is 14.2. The van der Waals surface area contributed by atoms with E-state index in [9.17, 15) is 9.59 Å². The zero-order chi connectivity index (χ0) is 17.4. The molecule has 0 saturated heterocycles. The molecule has 126 valence electrons. The summed E-state index contributed by atoms with van der Waals surface area (Å²) in [6, 6.07) is 17.4. The van der Waals surface area contributed by atoms with Crippen LogP contribution in [0.1, 0.15) is 40.7 Å². The molecule has 2 aromatic rings. The van der Waals surface area contributed by atoms with Gasteiger partial charge in [0.05, 0.1) is 6.54 Å². The van der Waals surface area contributed by atoms with Crippen LogP contribution in [0.3, 0.4) is 0 Å². The number of benzene rings is 2. The van der Waals surface area contributed by atoms with Crippen molar-refractivity contribution in [2.24, 2.45) is 0 Å². The Morgan fingerprint density at radius 3 is 2.25 bits per heavy atom. The number of nitrogens with one attached hydrogen (secondary N) is 2. The molecule has 0 unspecified atom stereocenters. The van der Waals surface area contributed by atoms with Crippen LogP contribution in [-0.2, 0) is 4.79 Å². The Hall–Kier alpha value is -2.62. The second-order valence-electron chi connectivity index (χ2n) is 5.87. The highest BCUT2D eigenvalue weighted by molar-refractivity contribution is 5.96. The van der Waals surface area contributed by atoms with Gasteiger partial charge in [0.2, 0.25) is 5.91 Å². The number of hydrogen-bond acceptors (Lipinski definition) is 2. The molecule has 0 aliphatic heterocycles. The quantitative estimate of drug-likeness (QED) is 0.822. The number of rotatable bonds is 7. The third-order valence-corrected chi connectivity index (χ3v) is 4.03. The predicted molar refractivity (Wildman–Crippen MR) is 96.0 cm³/mol. The van der Waals surface area contributed by atoms with E-state index in [1.54, 1.807) is 12.1 Å². The minimum Gasteiger partial charge on any atom is -0.354 e. The van der Waals surface area contributed by atoms with Crippen LogP contribution in [0.25, 0.3) is 0 Å². The molecule has 4 heteroatoms. The summed E-state index contributed by atoms with van der Waals surface area (Å²) >= 11 is 0. The van der Waals surface area contributed by atoms with Gasteiger partial charge in [-0.1, -0.05) is 55.0 Å². The van der Waals surface area contributed by atoms with Crippen LogP contribution in [0.15, 0.2) is 54.6 Å². The van der Waals surface area contributed by atoms with E-state index in [2.05, 4.69) is 29.7 Å². The summed E-state index contributed by atoms with van der Waals surface area (Å²) in [5.74, 6) is -0.131. The van der Waals surface area contributed by atoms with Gasteiger partial charge in [0.25, 0.3) is 5.91 Å². The number of carbonyl (C=O) groups excluding carboxylic acids is 2. The third-order valence-electron chi connectivity index (χ3n) is 4.03. The van der Waals surface area contributed by atoms with Crippen molar-refractivity contribution >= 4 is 11.8 Å². The maximum Gasteiger partial charge on any atom is 0.251 e. The molecule has 0 aliphatic rings. The highest BCUT2D eigenvalue weighted by Crippen LogP contribution is 2.17. The average Bonchev–Trinajstić information content (AvgIpc) is 2.61. The third kappa shape index (κ3) is 5.23. The number of hydrogen-bond donors (Lipinski definition) is 2. The second-order valence-corrected chi connectivity index (χ2v) is 5.87. The van der Waals surface area contributed by atoms with Crippen molar-refractivity contribution in [1.29, 1.82) is 0 Å². The van der Waals surface area contributed by atoms with E-state index in [0.29, 0.717) is 12.1 Å². The molecule has 0 radical (unpaired) electrons. The highest BCUT2D eigenvalue weighted by Gasteiger charge is 2.12. The van der Waals surface area contributed by atoms with Crippen molar-refractivity contribution in [2.45, 2.75) is 26.2 Å². The van der Waals surface area contributed by atoms with Crippen LogP contribution < -0.4 is 10.6 Å². The fraction of sp³-hybridized carbons (Fsp3) is 0.300. The molecule has 2 rings (SSSR count). The van der Waals surface area contributed by atoms with Crippen molar-refractivity contribution in [3.8, 4) is 0 Å². The summed E-state index contributed by atoms with van der Waals surface area (Å²) in [7, 11) is 0. The van der Waals surface area contributed by atoms with Gasteiger partial charge >= 0.3 is 0 Å². The fourth-order valence-electron chi connectivity index (χ4n) is 2.49. The molecular formula is C20H24N2O2. The molecule has 24 heavy (non-hydrogen) atoms. The molecule has 4 nitrogen and oxygen atoms in total. The van der Waals surface area contributed by atoms with Crippen molar-refractivity contribution in [1.82, 2.24) is 10.6 Å². The van der Waals surface area contributed by atoms with Crippen LogP contribution in [0.2, 0.25) is 0 Å². The van der Waals surface area contributed by atoms with E-state index >= 15 is 0 Å². The molecule has 0 bridgehead atoms. The molecular weight excluding hydrogens is 300 g/mol. The maximum absolute atomic E-state index is 12.0. The van der Waals surface area contributed by atoms with Gasteiger partial charge in [-0.25, -0.2) is 0 Å². The first kappa shape index (κ1) is 17.7. The van der Waals surface area contributed by atoms with E-state index in [0.717, 1.165) is 12.0 Å². The molecule has 2 amide bonds. The fourth-order valence-corrected chi connectivity index (χ4v) is 2.49. The average molecular weight is 324 g/mol. The number of amides is 2. The zero-order valence-corrected chi connectivity index (χ0v) is 14.2. The molecule has 0 spiro atoms. The minimum absolute atomic E-state index is 0.0159. The van der Waals surface area contributed by atoms with Crippen molar-refractivity contribution in [3.05, 3.63) is 71.3 Å². The Bertz CT molecular complexity index is 666. The lowest BCUT2D eigenvalue weighted by atomic mass is 9.96. The summed E-state index contributed by atoms with van der Waals surface area (Å²) in [5, 5.41) is 5.54. The molecule has 0 aromatic heterocycles. The molecule has 2 aromatic carbocycles. The van der Waals surface area contributed by atoms with Crippen molar-refractivity contribution < 1.29 is 9.59 Å². The Kier molecular flexibility index (Phi) is 6.55. The summed E-state index contributed by atoms with van der Waals surface area (Å²) in [6.07, 6.45) is 0.944. The minimum atomic E-state index is -0.236. The van der Waals surface area contributed by atoms with Crippen molar-refractivity contribution in [2.75, 3.05) is 13.1 Å². The molecule has 0 saturated carbocycles. The van der Waals surface area contributed by atoms with Crippen LogP contribution in [0.4, 0.5) is 0 Å². The van der Waals surface area contributed by atoms with E-state index in [4.69, 9.17) is 0 Å². The summed E-state index contributed by atoms with van der Waals surface area (Å²) < 4.78 is 0.